The predicted octanol–water partition coefficient (Wildman–Crippen LogP) is 3.73. The van der Waals surface area contributed by atoms with Crippen LogP contribution in [0.3, 0.4) is 0 Å². The lowest BCUT2D eigenvalue weighted by atomic mass is 10.0. The highest BCUT2D eigenvalue weighted by Crippen LogP contribution is 2.23. The molecule has 8 heteroatoms. The number of likely N-dealkylation sites (tertiary alicyclic amines) is 1. The first-order valence-electron chi connectivity index (χ1n) is 11.5. The van der Waals surface area contributed by atoms with Gasteiger partial charge in [0, 0.05) is 47.8 Å². The van der Waals surface area contributed by atoms with Crippen LogP contribution in [0.15, 0.2) is 48.5 Å². The summed E-state index contributed by atoms with van der Waals surface area (Å²) in [6.45, 7) is 2.97. The number of imide groups is 1. The molecule has 1 saturated heterocycles. The fraction of sp³-hybridized carbons (Fsp3) is 0.423. The number of carbonyl (C=O) groups excluding carboxylic acids is 2. The smallest absolute Gasteiger partial charge is 0.327 e. The summed E-state index contributed by atoms with van der Waals surface area (Å²) in [5, 5.41) is 8.93. The molecule has 1 atom stereocenters. The van der Waals surface area contributed by atoms with E-state index >= 15 is 0 Å². The highest BCUT2D eigenvalue weighted by atomic mass is 16.5. The zero-order chi connectivity index (χ0) is 24.7. The first kappa shape index (κ1) is 25.1. The van der Waals surface area contributed by atoms with Crippen molar-refractivity contribution >= 4 is 12.1 Å². The number of benzene rings is 2. The van der Waals surface area contributed by atoms with Crippen molar-refractivity contribution in [2.24, 2.45) is 0 Å². The number of ether oxygens (including phenoxy) is 1. The Bertz CT molecular complexity index is 992. The number of urea groups is 2. The maximum absolute atomic E-state index is 12.6. The van der Waals surface area contributed by atoms with E-state index in [9.17, 15) is 9.59 Å². The molecule has 34 heavy (non-hydrogen) atoms. The average molecular weight is 464 g/mol. The van der Waals surface area contributed by atoms with Gasteiger partial charge in [0.15, 0.2) is 0 Å². The van der Waals surface area contributed by atoms with Crippen molar-refractivity contribution < 1.29 is 14.3 Å². The SMILES string of the molecule is CN(C)C(=O)N(C(=O)N(C)C)[C@@H]1CCN(CCCOc2ccc(-c3ccc(C#N)cc3)cc2)C1. The van der Waals surface area contributed by atoms with Gasteiger partial charge in [-0.05, 0) is 48.2 Å². The van der Waals surface area contributed by atoms with Gasteiger partial charge in [0.1, 0.15) is 5.75 Å². The van der Waals surface area contributed by atoms with E-state index in [1.807, 2.05) is 48.5 Å². The van der Waals surface area contributed by atoms with Crippen LogP contribution in [0, 0.1) is 11.3 Å². The Labute approximate surface area is 201 Å². The van der Waals surface area contributed by atoms with E-state index in [4.69, 9.17) is 10.00 Å². The van der Waals surface area contributed by atoms with Crippen LogP contribution in [0.1, 0.15) is 18.4 Å². The topological polar surface area (TPSA) is 80.1 Å². The average Bonchev–Trinajstić information content (AvgIpc) is 3.30. The summed E-state index contributed by atoms with van der Waals surface area (Å²) in [7, 11) is 6.66. The molecule has 180 valence electrons. The summed E-state index contributed by atoms with van der Waals surface area (Å²) in [4.78, 5) is 31.7. The summed E-state index contributed by atoms with van der Waals surface area (Å²) in [6.07, 6.45) is 1.63. The van der Waals surface area contributed by atoms with E-state index in [2.05, 4.69) is 11.0 Å². The molecular formula is C26H33N5O3. The fourth-order valence-electron chi connectivity index (χ4n) is 4.01. The van der Waals surface area contributed by atoms with Crippen molar-refractivity contribution in [2.45, 2.75) is 18.9 Å². The van der Waals surface area contributed by atoms with Gasteiger partial charge in [-0.2, -0.15) is 5.26 Å². The summed E-state index contributed by atoms with van der Waals surface area (Å²) in [6, 6.07) is 16.9. The van der Waals surface area contributed by atoms with Crippen molar-refractivity contribution in [1.82, 2.24) is 19.6 Å². The second-order valence-electron chi connectivity index (χ2n) is 8.88. The summed E-state index contributed by atoms with van der Waals surface area (Å²) in [5.74, 6) is 0.816. The third-order valence-corrected chi connectivity index (χ3v) is 5.88. The molecule has 8 nitrogen and oxygen atoms in total. The van der Waals surface area contributed by atoms with Crippen molar-refractivity contribution in [3.8, 4) is 22.9 Å². The molecule has 4 amide bonds. The molecule has 1 aliphatic heterocycles. The Morgan fingerprint density at radius 1 is 0.971 bits per heavy atom. The molecule has 0 aromatic heterocycles. The largest absolute Gasteiger partial charge is 0.494 e. The van der Waals surface area contributed by atoms with Gasteiger partial charge in [0.25, 0.3) is 0 Å². The second-order valence-corrected chi connectivity index (χ2v) is 8.88. The molecule has 0 unspecified atom stereocenters. The van der Waals surface area contributed by atoms with Gasteiger partial charge in [0.05, 0.1) is 24.3 Å². The van der Waals surface area contributed by atoms with E-state index < -0.39 is 0 Å². The number of nitriles is 1. The summed E-state index contributed by atoms with van der Waals surface area (Å²) in [5.41, 5.74) is 2.78. The van der Waals surface area contributed by atoms with E-state index in [0.29, 0.717) is 18.7 Å². The van der Waals surface area contributed by atoms with Gasteiger partial charge in [-0.1, -0.05) is 24.3 Å². The Morgan fingerprint density at radius 2 is 1.53 bits per heavy atom. The lowest BCUT2D eigenvalue weighted by Crippen LogP contribution is -2.53. The summed E-state index contributed by atoms with van der Waals surface area (Å²) >= 11 is 0. The van der Waals surface area contributed by atoms with Crippen molar-refractivity contribution in [3.63, 3.8) is 0 Å². The van der Waals surface area contributed by atoms with Crippen LogP contribution in [-0.2, 0) is 0 Å². The first-order valence-corrected chi connectivity index (χ1v) is 11.5. The number of carbonyl (C=O) groups is 2. The van der Waals surface area contributed by atoms with Crippen LogP contribution in [0.5, 0.6) is 5.75 Å². The predicted molar refractivity (Wildman–Crippen MR) is 132 cm³/mol. The Kier molecular flexibility index (Phi) is 8.50. The van der Waals surface area contributed by atoms with Crippen LogP contribution in [0.2, 0.25) is 0 Å². The van der Waals surface area contributed by atoms with E-state index in [-0.39, 0.29) is 18.1 Å². The molecule has 1 aliphatic rings. The number of hydrogen-bond acceptors (Lipinski definition) is 5. The van der Waals surface area contributed by atoms with Gasteiger partial charge >= 0.3 is 12.1 Å². The monoisotopic (exact) mass is 463 g/mol. The van der Waals surface area contributed by atoms with E-state index in [1.54, 1.807) is 28.2 Å². The first-order chi connectivity index (χ1) is 16.3. The number of hydrogen-bond donors (Lipinski definition) is 0. The lowest BCUT2D eigenvalue weighted by Gasteiger charge is -2.31. The molecule has 2 aromatic rings. The van der Waals surface area contributed by atoms with Crippen LogP contribution in [0.25, 0.3) is 11.1 Å². The van der Waals surface area contributed by atoms with Gasteiger partial charge in [-0.25, -0.2) is 14.5 Å². The zero-order valence-electron chi connectivity index (χ0n) is 20.4. The van der Waals surface area contributed by atoms with Crippen molar-refractivity contribution in [2.75, 3.05) is 54.4 Å². The maximum atomic E-state index is 12.6. The number of amides is 4. The van der Waals surface area contributed by atoms with Gasteiger partial charge < -0.3 is 19.4 Å². The molecule has 0 N–H and O–H groups in total. The van der Waals surface area contributed by atoms with Gasteiger partial charge in [0.2, 0.25) is 0 Å². The van der Waals surface area contributed by atoms with Crippen LogP contribution in [-0.4, -0.2) is 92.1 Å². The maximum Gasteiger partial charge on any atom is 0.327 e. The third-order valence-electron chi connectivity index (χ3n) is 5.88. The quantitative estimate of drug-likeness (QED) is 0.585. The molecule has 1 heterocycles. The molecule has 1 fully saturated rings. The molecule has 3 rings (SSSR count). The number of nitrogens with zero attached hydrogens (tertiary/aromatic N) is 5. The van der Waals surface area contributed by atoms with Crippen molar-refractivity contribution in [1.29, 1.82) is 5.26 Å². The molecule has 2 aromatic carbocycles. The molecule has 0 spiro atoms. The number of rotatable bonds is 7. The van der Waals surface area contributed by atoms with E-state index in [1.165, 1.54) is 14.7 Å². The molecular weight excluding hydrogens is 430 g/mol. The minimum Gasteiger partial charge on any atom is -0.494 e. The van der Waals surface area contributed by atoms with Crippen LogP contribution in [0.4, 0.5) is 9.59 Å². The Hall–Kier alpha value is -3.57. The highest BCUT2D eigenvalue weighted by Gasteiger charge is 2.36. The molecule has 0 saturated carbocycles. The molecule has 0 bridgehead atoms. The fourth-order valence-corrected chi connectivity index (χ4v) is 4.01. The minimum atomic E-state index is -0.279. The summed E-state index contributed by atoms with van der Waals surface area (Å²) < 4.78 is 5.91. The van der Waals surface area contributed by atoms with Crippen molar-refractivity contribution in [3.05, 3.63) is 54.1 Å². The normalized spacial score (nSPS) is 15.4. The molecule has 0 radical (unpaired) electrons. The van der Waals surface area contributed by atoms with Gasteiger partial charge in [-0.3, -0.25) is 0 Å². The zero-order valence-corrected chi connectivity index (χ0v) is 20.4. The second kappa shape index (κ2) is 11.5. The Balaban J connectivity index is 1.45. The Morgan fingerprint density at radius 3 is 2.06 bits per heavy atom. The lowest BCUT2D eigenvalue weighted by molar-refractivity contribution is 0.136. The van der Waals surface area contributed by atoms with Crippen LogP contribution >= 0.6 is 0 Å². The molecule has 0 aliphatic carbocycles. The minimum absolute atomic E-state index is 0.125. The third kappa shape index (κ3) is 6.27. The van der Waals surface area contributed by atoms with Gasteiger partial charge in [-0.15, -0.1) is 0 Å². The van der Waals surface area contributed by atoms with Crippen LogP contribution < -0.4 is 4.74 Å². The highest BCUT2D eigenvalue weighted by molar-refractivity contribution is 5.93. The van der Waals surface area contributed by atoms with E-state index in [0.717, 1.165) is 42.8 Å². The standard InChI is InChI=1S/C26H33N5O3/c1-28(2)25(32)31(26(33)29(3)4)23-14-16-30(19-23)15-5-17-34-24-12-10-22(11-13-24)21-8-6-20(18-27)7-9-21/h6-13,23H,5,14-17,19H2,1-4H3/t23-/m1/s1.